The number of imidazole rings is 1. The van der Waals surface area contributed by atoms with Crippen molar-refractivity contribution in [1.82, 2.24) is 19.7 Å². The maximum Gasteiger partial charge on any atom is 0.222 e. The molecule has 3 aromatic heterocycles. The number of rotatable bonds is 7. The van der Waals surface area contributed by atoms with Gasteiger partial charge in [0.25, 0.3) is 0 Å². The SMILES string of the molecule is O=C(CCNc1c(-c2ccc(F)cc2)nc2cnccn12)NCc1ccco1. The highest BCUT2D eigenvalue weighted by molar-refractivity contribution is 5.78. The zero-order valence-corrected chi connectivity index (χ0v) is 14.9. The van der Waals surface area contributed by atoms with Crippen LogP contribution in [0.4, 0.5) is 10.2 Å². The zero-order chi connectivity index (χ0) is 19.3. The molecule has 4 aromatic rings. The van der Waals surface area contributed by atoms with Gasteiger partial charge in [0.15, 0.2) is 5.65 Å². The summed E-state index contributed by atoms with van der Waals surface area (Å²) < 4.78 is 20.3. The third-order valence-corrected chi connectivity index (χ3v) is 4.23. The van der Waals surface area contributed by atoms with Crippen LogP contribution in [-0.4, -0.2) is 26.8 Å². The monoisotopic (exact) mass is 379 g/mol. The molecule has 8 heteroatoms. The first kappa shape index (κ1) is 17.7. The summed E-state index contributed by atoms with van der Waals surface area (Å²) in [5.74, 6) is 1.02. The zero-order valence-electron chi connectivity index (χ0n) is 14.9. The molecule has 0 aliphatic rings. The molecule has 0 radical (unpaired) electrons. The number of carbonyl (C=O) groups excluding carboxylic acids is 1. The minimum atomic E-state index is -0.308. The molecule has 0 bridgehead atoms. The maximum atomic E-state index is 13.3. The number of nitrogens with zero attached hydrogens (tertiary/aromatic N) is 3. The van der Waals surface area contributed by atoms with Crippen LogP contribution in [0, 0.1) is 5.82 Å². The molecule has 7 nitrogen and oxygen atoms in total. The van der Waals surface area contributed by atoms with Crippen molar-refractivity contribution in [1.29, 1.82) is 0 Å². The Labute approximate surface area is 160 Å². The Morgan fingerprint density at radius 2 is 2.07 bits per heavy atom. The van der Waals surface area contributed by atoms with E-state index in [0.29, 0.717) is 30.2 Å². The van der Waals surface area contributed by atoms with Crippen LogP contribution < -0.4 is 10.6 Å². The summed E-state index contributed by atoms with van der Waals surface area (Å²) in [5, 5.41) is 6.08. The van der Waals surface area contributed by atoms with E-state index in [2.05, 4.69) is 20.6 Å². The third-order valence-electron chi connectivity index (χ3n) is 4.23. The van der Waals surface area contributed by atoms with Crippen molar-refractivity contribution in [2.24, 2.45) is 0 Å². The Morgan fingerprint density at radius 1 is 1.21 bits per heavy atom. The fourth-order valence-corrected chi connectivity index (χ4v) is 2.87. The van der Waals surface area contributed by atoms with Gasteiger partial charge < -0.3 is 15.1 Å². The molecule has 0 saturated heterocycles. The molecule has 0 aliphatic carbocycles. The van der Waals surface area contributed by atoms with Gasteiger partial charge in [0.05, 0.1) is 19.0 Å². The lowest BCUT2D eigenvalue weighted by molar-refractivity contribution is -0.121. The second kappa shape index (κ2) is 7.91. The van der Waals surface area contributed by atoms with E-state index in [1.54, 1.807) is 49.1 Å². The molecule has 142 valence electrons. The van der Waals surface area contributed by atoms with Gasteiger partial charge in [-0.25, -0.2) is 9.37 Å². The van der Waals surface area contributed by atoms with Gasteiger partial charge in [-0.2, -0.15) is 0 Å². The molecule has 1 aromatic carbocycles. The molecule has 0 saturated carbocycles. The number of amides is 1. The van der Waals surface area contributed by atoms with Crippen LogP contribution in [0.1, 0.15) is 12.2 Å². The van der Waals surface area contributed by atoms with Crippen LogP contribution in [0.15, 0.2) is 65.7 Å². The molecular formula is C20H18FN5O2. The minimum Gasteiger partial charge on any atom is -0.467 e. The van der Waals surface area contributed by atoms with Crippen LogP contribution >= 0.6 is 0 Å². The first-order chi connectivity index (χ1) is 13.7. The van der Waals surface area contributed by atoms with Crippen molar-refractivity contribution >= 4 is 17.4 Å². The van der Waals surface area contributed by atoms with E-state index in [1.807, 2.05) is 4.40 Å². The third kappa shape index (κ3) is 3.85. The molecule has 1 amide bonds. The largest absolute Gasteiger partial charge is 0.467 e. The number of nitrogens with one attached hydrogen (secondary N) is 2. The summed E-state index contributed by atoms with van der Waals surface area (Å²) in [6, 6.07) is 9.71. The van der Waals surface area contributed by atoms with Gasteiger partial charge in [0.2, 0.25) is 5.91 Å². The van der Waals surface area contributed by atoms with Crippen molar-refractivity contribution in [2.45, 2.75) is 13.0 Å². The highest BCUT2D eigenvalue weighted by Crippen LogP contribution is 2.28. The van der Waals surface area contributed by atoms with Crippen molar-refractivity contribution < 1.29 is 13.6 Å². The average Bonchev–Trinajstić information content (AvgIpc) is 3.35. The van der Waals surface area contributed by atoms with E-state index in [0.717, 1.165) is 11.4 Å². The molecule has 2 N–H and O–H groups in total. The minimum absolute atomic E-state index is 0.0947. The Kier molecular flexibility index (Phi) is 5.01. The van der Waals surface area contributed by atoms with Gasteiger partial charge in [-0.05, 0) is 36.4 Å². The van der Waals surface area contributed by atoms with Crippen LogP contribution in [0.3, 0.4) is 0 Å². The van der Waals surface area contributed by atoms with E-state index in [-0.39, 0.29) is 18.1 Å². The summed E-state index contributed by atoms with van der Waals surface area (Å²) >= 11 is 0. The van der Waals surface area contributed by atoms with Gasteiger partial charge in [-0.15, -0.1) is 0 Å². The number of fused-ring (bicyclic) bond motifs is 1. The molecule has 0 unspecified atom stereocenters. The lowest BCUT2D eigenvalue weighted by atomic mass is 10.1. The fraction of sp³-hybridized carbons (Fsp3) is 0.150. The second-order valence-corrected chi connectivity index (χ2v) is 6.15. The highest BCUT2D eigenvalue weighted by atomic mass is 19.1. The van der Waals surface area contributed by atoms with E-state index in [4.69, 9.17) is 4.42 Å². The molecule has 0 fully saturated rings. The topological polar surface area (TPSA) is 84.5 Å². The fourth-order valence-electron chi connectivity index (χ4n) is 2.87. The Bertz CT molecular complexity index is 1070. The van der Waals surface area contributed by atoms with E-state index in [9.17, 15) is 9.18 Å². The highest BCUT2D eigenvalue weighted by Gasteiger charge is 2.14. The summed E-state index contributed by atoms with van der Waals surface area (Å²) in [7, 11) is 0. The lowest BCUT2D eigenvalue weighted by Gasteiger charge is -2.09. The number of hydrogen-bond acceptors (Lipinski definition) is 5. The Balaban J connectivity index is 1.47. The molecule has 0 spiro atoms. The smallest absolute Gasteiger partial charge is 0.222 e. The molecule has 28 heavy (non-hydrogen) atoms. The van der Waals surface area contributed by atoms with E-state index in [1.165, 1.54) is 12.1 Å². The predicted molar refractivity (Wildman–Crippen MR) is 102 cm³/mol. The molecule has 4 rings (SSSR count). The first-order valence-corrected chi connectivity index (χ1v) is 8.81. The van der Waals surface area contributed by atoms with E-state index < -0.39 is 0 Å². The number of anilines is 1. The number of benzene rings is 1. The van der Waals surface area contributed by atoms with Gasteiger partial charge in [-0.3, -0.25) is 14.2 Å². The lowest BCUT2D eigenvalue weighted by Crippen LogP contribution is -2.24. The van der Waals surface area contributed by atoms with Crippen molar-refractivity contribution in [2.75, 3.05) is 11.9 Å². The molecule has 0 atom stereocenters. The number of furan rings is 1. The summed E-state index contributed by atoms with van der Waals surface area (Å²) in [4.78, 5) is 20.7. The number of hydrogen-bond donors (Lipinski definition) is 2. The number of carbonyl (C=O) groups is 1. The first-order valence-electron chi connectivity index (χ1n) is 8.81. The molecule has 3 heterocycles. The molecule has 0 aliphatic heterocycles. The number of halogens is 1. The van der Waals surface area contributed by atoms with Crippen LogP contribution in [0.5, 0.6) is 0 Å². The van der Waals surface area contributed by atoms with Crippen LogP contribution in [0.25, 0.3) is 16.9 Å². The second-order valence-electron chi connectivity index (χ2n) is 6.15. The Morgan fingerprint density at radius 3 is 2.86 bits per heavy atom. The average molecular weight is 379 g/mol. The van der Waals surface area contributed by atoms with Gasteiger partial charge >= 0.3 is 0 Å². The van der Waals surface area contributed by atoms with Crippen molar-refractivity contribution in [3.05, 3.63) is 72.8 Å². The Hall–Kier alpha value is -3.68. The van der Waals surface area contributed by atoms with Crippen molar-refractivity contribution in [3.63, 3.8) is 0 Å². The number of aromatic nitrogens is 3. The van der Waals surface area contributed by atoms with Crippen LogP contribution in [0.2, 0.25) is 0 Å². The van der Waals surface area contributed by atoms with Gasteiger partial charge in [0.1, 0.15) is 23.1 Å². The predicted octanol–water partition coefficient (Wildman–Crippen LogP) is 3.25. The molecular weight excluding hydrogens is 361 g/mol. The van der Waals surface area contributed by atoms with Crippen molar-refractivity contribution in [3.8, 4) is 11.3 Å². The van der Waals surface area contributed by atoms with Crippen LogP contribution in [-0.2, 0) is 11.3 Å². The summed E-state index contributed by atoms with van der Waals surface area (Å²) in [6.45, 7) is 0.766. The van der Waals surface area contributed by atoms with Gasteiger partial charge in [0, 0.05) is 30.9 Å². The quantitative estimate of drug-likeness (QED) is 0.515. The standard InChI is InChI=1S/C20H18FN5O2/c21-15-5-3-14(4-6-15)19-20(26-10-9-22-13-17(26)25-19)23-8-7-18(27)24-12-16-2-1-11-28-16/h1-6,9-11,13,23H,7-8,12H2,(H,24,27). The van der Waals surface area contributed by atoms with E-state index >= 15 is 0 Å². The summed E-state index contributed by atoms with van der Waals surface area (Å²) in [5.41, 5.74) is 2.10. The summed E-state index contributed by atoms with van der Waals surface area (Å²) in [6.07, 6.45) is 6.94. The maximum absolute atomic E-state index is 13.3. The normalized spacial score (nSPS) is 10.9. The van der Waals surface area contributed by atoms with Gasteiger partial charge in [-0.1, -0.05) is 0 Å².